The molecule has 1 saturated heterocycles. The lowest BCUT2D eigenvalue weighted by Gasteiger charge is -2.29. The van der Waals surface area contributed by atoms with Gasteiger partial charge in [0.1, 0.15) is 0 Å². The SMILES string of the molecule is CCCCCC(C)NC(=NCC1CN(C)CCO1)NCC. The second-order valence-electron chi connectivity index (χ2n) is 6.02. The first-order valence-electron chi connectivity index (χ1n) is 8.50. The van der Waals surface area contributed by atoms with Crippen LogP contribution in [0.2, 0.25) is 0 Å². The maximum absolute atomic E-state index is 5.76. The Bertz CT molecular complexity index is 296. The van der Waals surface area contributed by atoms with E-state index >= 15 is 0 Å². The summed E-state index contributed by atoms with van der Waals surface area (Å²) in [7, 11) is 2.14. The Morgan fingerprint density at radius 2 is 2.19 bits per heavy atom. The lowest BCUT2D eigenvalue weighted by atomic mass is 10.1. The molecular weight excluding hydrogens is 264 g/mol. The van der Waals surface area contributed by atoms with Gasteiger partial charge in [-0.1, -0.05) is 26.2 Å². The van der Waals surface area contributed by atoms with Gasteiger partial charge < -0.3 is 20.3 Å². The Morgan fingerprint density at radius 3 is 2.86 bits per heavy atom. The van der Waals surface area contributed by atoms with E-state index in [2.05, 4.69) is 48.3 Å². The lowest BCUT2D eigenvalue weighted by Crippen LogP contribution is -2.44. The number of rotatable bonds is 8. The van der Waals surface area contributed by atoms with Crippen LogP contribution in [0.3, 0.4) is 0 Å². The number of hydrogen-bond acceptors (Lipinski definition) is 3. The van der Waals surface area contributed by atoms with Gasteiger partial charge in [0.05, 0.1) is 19.3 Å². The van der Waals surface area contributed by atoms with Crippen molar-refractivity contribution in [1.29, 1.82) is 0 Å². The predicted molar refractivity (Wildman–Crippen MR) is 90.0 cm³/mol. The van der Waals surface area contributed by atoms with Crippen molar-refractivity contribution < 1.29 is 4.74 Å². The molecule has 0 aliphatic carbocycles. The van der Waals surface area contributed by atoms with Crippen LogP contribution in [0.4, 0.5) is 0 Å². The molecule has 5 nitrogen and oxygen atoms in total. The molecule has 2 unspecified atom stereocenters. The molecule has 1 aliphatic rings. The smallest absolute Gasteiger partial charge is 0.191 e. The Kier molecular flexibility index (Phi) is 9.42. The van der Waals surface area contributed by atoms with Gasteiger partial charge in [0.15, 0.2) is 5.96 Å². The van der Waals surface area contributed by atoms with Gasteiger partial charge in [0.2, 0.25) is 0 Å². The summed E-state index contributed by atoms with van der Waals surface area (Å²) >= 11 is 0. The van der Waals surface area contributed by atoms with Crippen LogP contribution in [-0.4, -0.2) is 62.8 Å². The van der Waals surface area contributed by atoms with Crippen LogP contribution in [-0.2, 0) is 4.74 Å². The van der Waals surface area contributed by atoms with Crippen LogP contribution in [0.15, 0.2) is 4.99 Å². The number of hydrogen-bond donors (Lipinski definition) is 2. The fourth-order valence-corrected chi connectivity index (χ4v) is 2.50. The van der Waals surface area contributed by atoms with Crippen molar-refractivity contribution in [3.05, 3.63) is 0 Å². The van der Waals surface area contributed by atoms with E-state index in [9.17, 15) is 0 Å². The molecule has 0 aromatic carbocycles. The molecule has 1 rings (SSSR count). The summed E-state index contributed by atoms with van der Waals surface area (Å²) in [5.41, 5.74) is 0. The second kappa shape index (κ2) is 10.9. The minimum absolute atomic E-state index is 0.217. The third-order valence-electron chi connectivity index (χ3n) is 3.76. The number of morpholine rings is 1. The minimum Gasteiger partial charge on any atom is -0.374 e. The van der Waals surface area contributed by atoms with E-state index in [0.717, 1.165) is 38.7 Å². The Balaban J connectivity index is 2.37. The van der Waals surface area contributed by atoms with Crippen molar-refractivity contribution in [3.63, 3.8) is 0 Å². The first-order valence-corrected chi connectivity index (χ1v) is 8.50. The highest BCUT2D eigenvalue weighted by atomic mass is 16.5. The van der Waals surface area contributed by atoms with Crippen molar-refractivity contribution in [3.8, 4) is 0 Å². The molecule has 0 aromatic heterocycles. The van der Waals surface area contributed by atoms with E-state index in [-0.39, 0.29) is 6.10 Å². The van der Waals surface area contributed by atoms with Crippen LogP contribution in [0.1, 0.15) is 46.5 Å². The average Bonchev–Trinajstić information content (AvgIpc) is 2.45. The summed E-state index contributed by atoms with van der Waals surface area (Å²) in [6, 6.07) is 0.462. The quantitative estimate of drug-likeness (QED) is 0.408. The zero-order valence-corrected chi connectivity index (χ0v) is 14.3. The number of nitrogens with one attached hydrogen (secondary N) is 2. The summed E-state index contributed by atoms with van der Waals surface area (Å²) in [4.78, 5) is 6.99. The molecule has 0 bridgehead atoms. The molecule has 0 saturated carbocycles. The molecule has 21 heavy (non-hydrogen) atoms. The molecule has 0 spiro atoms. The van der Waals surface area contributed by atoms with Crippen LogP contribution in [0, 0.1) is 0 Å². The fourth-order valence-electron chi connectivity index (χ4n) is 2.50. The van der Waals surface area contributed by atoms with Gasteiger partial charge in [-0.3, -0.25) is 4.99 Å². The Hall–Kier alpha value is -0.810. The predicted octanol–water partition coefficient (Wildman–Crippen LogP) is 1.84. The third kappa shape index (κ3) is 8.27. The van der Waals surface area contributed by atoms with E-state index in [4.69, 9.17) is 4.74 Å². The monoisotopic (exact) mass is 298 g/mol. The maximum Gasteiger partial charge on any atom is 0.191 e. The number of unbranched alkanes of at least 4 members (excludes halogenated alkanes) is 2. The van der Waals surface area contributed by atoms with E-state index in [1.807, 2.05) is 0 Å². The zero-order chi connectivity index (χ0) is 15.5. The molecule has 0 aromatic rings. The zero-order valence-electron chi connectivity index (χ0n) is 14.3. The molecule has 0 amide bonds. The van der Waals surface area contributed by atoms with Crippen molar-refractivity contribution in [2.45, 2.75) is 58.6 Å². The van der Waals surface area contributed by atoms with Gasteiger partial charge in [0.25, 0.3) is 0 Å². The van der Waals surface area contributed by atoms with Crippen LogP contribution in [0.5, 0.6) is 0 Å². The van der Waals surface area contributed by atoms with Crippen LogP contribution < -0.4 is 10.6 Å². The normalized spacial score (nSPS) is 22.1. The van der Waals surface area contributed by atoms with Crippen LogP contribution in [0.25, 0.3) is 0 Å². The number of aliphatic imine (C=N–C) groups is 1. The summed E-state index contributed by atoms with van der Waals surface area (Å²) in [5, 5.41) is 6.82. The van der Waals surface area contributed by atoms with E-state index in [0.29, 0.717) is 6.04 Å². The van der Waals surface area contributed by atoms with Gasteiger partial charge in [-0.15, -0.1) is 0 Å². The van der Waals surface area contributed by atoms with Crippen molar-refractivity contribution >= 4 is 5.96 Å². The molecule has 2 N–H and O–H groups in total. The highest BCUT2D eigenvalue weighted by Crippen LogP contribution is 2.04. The van der Waals surface area contributed by atoms with Gasteiger partial charge in [-0.2, -0.15) is 0 Å². The summed E-state index contributed by atoms with van der Waals surface area (Å²) in [6.45, 7) is 11.0. The van der Waals surface area contributed by atoms with E-state index < -0.39 is 0 Å². The van der Waals surface area contributed by atoms with Gasteiger partial charge in [0, 0.05) is 25.7 Å². The highest BCUT2D eigenvalue weighted by molar-refractivity contribution is 5.80. The van der Waals surface area contributed by atoms with Crippen molar-refractivity contribution in [1.82, 2.24) is 15.5 Å². The van der Waals surface area contributed by atoms with Crippen LogP contribution >= 0.6 is 0 Å². The topological polar surface area (TPSA) is 48.9 Å². The highest BCUT2D eigenvalue weighted by Gasteiger charge is 2.17. The summed E-state index contributed by atoms with van der Waals surface area (Å²) in [5.74, 6) is 0.915. The second-order valence-corrected chi connectivity index (χ2v) is 6.02. The maximum atomic E-state index is 5.76. The Labute approximate surface area is 130 Å². The number of nitrogens with zero attached hydrogens (tertiary/aromatic N) is 2. The first kappa shape index (κ1) is 18.2. The minimum atomic E-state index is 0.217. The molecule has 124 valence electrons. The molecule has 1 heterocycles. The largest absolute Gasteiger partial charge is 0.374 e. The Morgan fingerprint density at radius 1 is 1.38 bits per heavy atom. The summed E-state index contributed by atoms with van der Waals surface area (Å²) in [6.07, 6.45) is 5.27. The van der Waals surface area contributed by atoms with Crippen molar-refractivity contribution in [2.75, 3.05) is 39.8 Å². The van der Waals surface area contributed by atoms with E-state index in [1.54, 1.807) is 0 Å². The molecule has 1 fully saturated rings. The molecule has 2 atom stereocenters. The van der Waals surface area contributed by atoms with Gasteiger partial charge >= 0.3 is 0 Å². The first-order chi connectivity index (χ1) is 10.2. The van der Waals surface area contributed by atoms with E-state index in [1.165, 1.54) is 25.7 Å². The average molecular weight is 298 g/mol. The molecule has 1 aliphatic heterocycles. The third-order valence-corrected chi connectivity index (χ3v) is 3.76. The van der Waals surface area contributed by atoms with Gasteiger partial charge in [-0.25, -0.2) is 0 Å². The standard InChI is InChI=1S/C16H34N4O/c1-5-7-8-9-14(3)19-16(17-6-2)18-12-15-13-20(4)10-11-21-15/h14-15H,5-13H2,1-4H3,(H2,17,18,19). The molecular formula is C16H34N4O. The van der Waals surface area contributed by atoms with Gasteiger partial charge in [-0.05, 0) is 27.3 Å². The summed E-state index contributed by atoms with van der Waals surface area (Å²) < 4.78 is 5.76. The number of ether oxygens (including phenoxy) is 1. The lowest BCUT2D eigenvalue weighted by molar-refractivity contribution is -0.0136. The number of guanidine groups is 1. The van der Waals surface area contributed by atoms with Crippen molar-refractivity contribution in [2.24, 2.45) is 4.99 Å². The molecule has 5 heteroatoms. The fraction of sp³-hybridized carbons (Fsp3) is 0.938. The molecule has 0 radical (unpaired) electrons. The number of likely N-dealkylation sites (N-methyl/N-ethyl adjacent to an activating group) is 1.